The molecule has 9 nitrogen and oxygen atoms in total. The van der Waals surface area contributed by atoms with Gasteiger partial charge < -0.3 is 14.8 Å². The molecule has 0 aliphatic carbocycles. The van der Waals surface area contributed by atoms with Gasteiger partial charge in [-0.2, -0.15) is 5.10 Å². The van der Waals surface area contributed by atoms with E-state index < -0.39 is 0 Å². The molecule has 45 heavy (non-hydrogen) atoms. The van der Waals surface area contributed by atoms with Gasteiger partial charge in [-0.05, 0) is 66.6 Å². The van der Waals surface area contributed by atoms with Crippen LogP contribution in [0.4, 0.5) is 5.69 Å². The molecule has 4 atom stereocenters. The van der Waals surface area contributed by atoms with E-state index in [2.05, 4.69) is 53.3 Å². The van der Waals surface area contributed by atoms with Crippen LogP contribution in [-0.2, 0) is 9.59 Å². The van der Waals surface area contributed by atoms with E-state index in [1.807, 2.05) is 65.0 Å². The Balaban J connectivity index is 0.00000133. The minimum atomic E-state index is -0.0492. The van der Waals surface area contributed by atoms with E-state index in [9.17, 15) is 9.59 Å². The van der Waals surface area contributed by atoms with Crippen molar-refractivity contribution in [1.29, 1.82) is 0 Å². The minimum absolute atomic E-state index is 0.0246. The Morgan fingerprint density at radius 3 is 2.38 bits per heavy atom. The third-order valence-electron chi connectivity index (χ3n) is 8.18. The Labute approximate surface area is 269 Å². The molecular weight excluding hydrogens is 566 g/mol. The zero-order valence-corrected chi connectivity index (χ0v) is 28.4. The number of hydrazone groups is 1. The summed E-state index contributed by atoms with van der Waals surface area (Å²) in [4.78, 5) is 24.4. The number of hydrogen-bond acceptors (Lipinski definition) is 7. The Morgan fingerprint density at radius 1 is 0.978 bits per heavy atom. The minimum Gasteiger partial charge on any atom is -0.495 e. The van der Waals surface area contributed by atoms with E-state index in [0.29, 0.717) is 26.0 Å². The van der Waals surface area contributed by atoms with E-state index in [0.717, 1.165) is 53.3 Å². The summed E-state index contributed by atoms with van der Waals surface area (Å²) in [6.07, 6.45) is 8.00. The largest absolute Gasteiger partial charge is 0.495 e. The third kappa shape index (κ3) is 8.87. The van der Waals surface area contributed by atoms with E-state index in [1.165, 1.54) is 5.56 Å². The first-order valence-corrected chi connectivity index (χ1v) is 16.7. The molecule has 0 saturated carbocycles. The monoisotopic (exact) mass is 619 g/mol. The number of benzene rings is 2. The van der Waals surface area contributed by atoms with Crippen LogP contribution < -0.4 is 25.6 Å². The SMILES string of the molecule is CC.CC.CCC1C=Cc2c(C3NN(CCCCOc4ccc(C5=NNC(=O)CC5C)cc4)C(=O)CC3C)ccc(OC)c2N1. The molecule has 2 aromatic carbocycles. The van der Waals surface area contributed by atoms with Gasteiger partial charge in [0.25, 0.3) is 0 Å². The first kappa shape index (κ1) is 35.6. The lowest BCUT2D eigenvalue weighted by molar-refractivity contribution is -0.141. The van der Waals surface area contributed by atoms with Gasteiger partial charge in [0.2, 0.25) is 11.8 Å². The number of methoxy groups -OCH3 is 1. The first-order valence-electron chi connectivity index (χ1n) is 16.7. The van der Waals surface area contributed by atoms with Crippen molar-refractivity contribution in [2.75, 3.05) is 25.6 Å². The first-order chi connectivity index (χ1) is 21.9. The molecule has 3 aliphatic rings. The number of hydrazine groups is 1. The smallest absolute Gasteiger partial charge is 0.240 e. The zero-order chi connectivity index (χ0) is 32.9. The highest BCUT2D eigenvalue weighted by molar-refractivity contribution is 6.05. The predicted molar refractivity (Wildman–Crippen MR) is 183 cm³/mol. The van der Waals surface area contributed by atoms with Crippen molar-refractivity contribution in [2.24, 2.45) is 16.9 Å². The van der Waals surface area contributed by atoms with Crippen LogP contribution >= 0.6 is 0 Å². The van der Waals surface area contributed by atoms with Gasteiger partial charge in [-0.1, -0.05) is 66.7 Å². The fourth-order valence-electron chi connectivity index (χ4n) is 5.79. The Morgan fingerprint density at radius 2 is 1.71 bits per heavy atom. The van der Waals surface area contributed by atoms with Gasteiger partial charge in [-0.15, -0.1) is 0 Å². The number of rotatable bonds is 10. The molecule has 0 spiro atoms. The van der Waals surface area contributed by atoms with Gasteiger partial charge in [0.15, 0.2) is 0 Å². The van der Waals surface area contributed by atoms with E-state index in [-0.39, 0.29) is 35.7 Å². The van der Waals surface area contributed by atoms with Crippen molar-refractivity contribution < 1.29 is 19.1 Å². The summed E-state index contributed by atoms with van der Waals surface area (Å²) in [5, 5.41) is 9.62. The average molecular weight is 620 g/mol. The summed E-state index contributed by atoms with van der Waals surface area (Å²) in [5.41, 5.74) is 11.3. The van der Waals surface area contributed by atoms with Crippen molar-refractivity contribution in [3.8, 4) is 11.5 Å². The second kappa shape index (κ2) is 17.6. The number of fused-ring (bicyclic) bond motifs is 1. The van der Waals surface area contributed by atoms with Gasteiger partial charge in [0.1, 0.15) is 11.5 Å². The average Bonchev–Trinajstić information content (AvgIpc) is 3.07. The topological polar surface area (TPSA) is 104 Å². The number of nitrogens with zero attached hydrogens (tertiary/aromatic N) is 2. The van der Waals surface area contributed by atoms with Crippen LogP contribution in [0.25, 0.3) is 6.08 Å². The molecule has 2 aromatic rings. The lowest BCUT2D eigenvalue weighted by atomic mass is 9.85. The molecule has 0 bridgehead atoms. The summed E-state index contributed by atoms with van der Waals surface area (Å²) in [6.45, 7) is 15.5. The van der Waals surface area contributed by atoms with Crippen molar-refractivity contribution in [1.82, 2.24) is 15.9 Å². The van der Waals surface area contributed by atoms with Crippen LogP contribution in [0.2, 0.25) is 0 Å². The maximum Gasteiger partial charge on any atom is 0.240 e. The summed E-state index contributed by atoms with van der Waals surface area (Å²) >= 11 is 0. The molecule has 3 heterocycles. The maximum atomic E-state index is 12.9. The second-order valence-electron chi connectivity index (χ2n) is 11.2. The number of anilines is 1. The van der Waals surface area contributed by atoms with Gasteiger partial charge in [-0.25, -0.2) is 10.9 Å². The molecule has 5 rings (SSSR count). The molecule has 1 fully saturated rings. The second-order valence-corrected chi connectivity index (χ2v) is 11.2. The summed E-state index contributed by atoms with van der Waals surface area (Å²) in [7, 11) is 1.70. The van der Waals surface area contributed by atoms with Crippen LogP contribution in [-0.4, -0.2) is 48.8 Å². The fraction of sp³-hybridized carbons (Fsp3) is 0.528. The molecular formula is C36H53N5O4. The molecule has 0 aromatic heterocycles. The fourth-order valence-corrected chi connectivity index (χ4v) is 5.79. The Hall–Kier alpha value is -3.85. The zero-order valence-electron chi connectivity index (χ0n) is 28.4. The lowest BCUT2D eigenvalue weighted by Crippen LogP contribution is -2.52. The van der Waals surface area contributed by atoms with Crippen LogP contribution in [0, 0.1) is 11.8 Å². The van der Waals surface area contributed by atoms with Crippen molar-refractivity contribution in [3.05, 3.63) is 59.2 Å². The molecule has 2 amide bonds. The molecule has 4 unspecified atom stereocenters. The van der Waals surface area contributed by atoms with Gasteiger partial charge >= 0.3 is 0 Å². The molecule has 9 heteroatoms. The number of carbonyl (C=O) groups is 2. The van der Waals surface area contributed by atoms with E-state index in [4.69, 9.17) is 9.47 Å². The number of unbranched alkanes of at least 4 members (excludes halogenated alkanes) is 1. The molecule has 3 aliphatic heterocycles. The number of ether oxygens (including phenoxy) is 2. The normalized spacial score (nSPS) is 22.0. The molecule has 1 saturated heterocycles. The van der Waals surface area contributed by atoms with Crippen LogP contribution in [0.5, 0.6) is 11.5 Å². The van der Waals surface area contributed by atoms with Gasteiger partial charge in [0, 0.05) is 36.9 Å². The van der Waals surface area contributed by atoms with Crippen LogP contribution in [0.3, 0.4) is 0 Å². The number of hydrogen-bond donors (Lipinski definition) is 3. The van der Waals surface area contributed by atoms with E-state index in [1.54, 1.807) is 12.1 Å². The molecule has 246 valence electrons. The summed E-state index contributed by atoms with van der Waals surface area (Å²) in [5.74, 6) is 1.96. The highest BCUT2D eigenvalue weighted by Gasteiger charge is 2.34. The number of nitrogens with one attached hydrogen (secondary N) is 3. The lowest BCUT2D eigenvalue weighted by Gasteiger charge is -2.39. The number of amides is 2. The van der Waals surface area contributed by atoms with Crippen LogP contribution in [0.1, 0.15) is 103 Å². The van der Waals surface area contributed by atoms with Crippen molar-refractivity contribution >= 4 is 29.3 Å². The molecule has 3 N–H and O–H groups in total. The third-order valence-corrected chi connectivity index (χ3v) is 8.18. The van der Waals surface area contributed by atoms with Crippen molar-refractivity contribution in [2.45, 2.75) is 92.7 Å². The summed E-state index contributed by atoms with van der Waals surface area (Å²) in [6, 6.07) is 12.3. The number of carbonyl (C=O) groups excluding carboxylic acids is 2. The Kier molecular flexibility index (Phi) is 13.9. The van der Waals surface area contributed by atoms with Gasteiger partial charge in [-0.3, -0.25) is 14.6 Å². The quantitative estimate of drug-likeness (QED) is 0.245. The van der Waals surface area contributed by atoms with Crippen molar-refractivity contribution in [3.63, 3.8) is 0 Å². The Bertz CT molecular complexity index is 1320. The van der Waals surface area contributed by atoms with Gasteiger partial charge in [0.05, 0.1) is 31.2 Å². The van der Waals surface area contributed by atoms with Crippen LogP contribution in [0.15, 0.2) is 47.6 Å². The standard InChI is InChI=1S/C32H41N5O4.2C2H6/c1-5-23-10-13-26-25(14-15-27(40-4)32(26)33-23)31-21(3)19-29(39)37(36-31)16-6-7-17-41-24-11-8-22(9-12-24)30-20(2)18-28(38)34-35-30;2*1-2/h8-15,20-21,23,31,33,36H,5-7,16-19H2,1-4H3,(H,34,38);2*1-2H3. The summed E-state index contributed by atoms with van der Waals surface area (Å²) < 4.78 is 11.6. The van der Waals surface area contributed by atoms with E-state index >= 15 is 0 Å². The predicted octanol–water partition coefficient (Wildman–Crippen LogP) is 7.10. The molecule has 0 radical (unpaired) electrons. The highest BCUT2D eigenvalue weighted by atomic mass is 16.5. The maximum absolute atomic E-state index is 12.9. The highest BCUT2D eigenvalue weighted by Crippen LogP contribution is 2.41.